The maximum atomic E-state index is 11.9. The average Bonchev–Trinajstić information content (AvgIpc) is 3.14. The zero-order valence-electron chi connectivity index (χ0n) is 17.3. The van der Waals surface area contributed by atoms with E-state index in [1.54, 1.807) is 19.1 Å². The lowest BCUT2D eigenvalue weighted by atomic mass is 10.0. The van der Waals surface area contributed by atoms with Gasteiger partial charge in [-0.2, -0.15) is 0 Å². The van der Waals surface area contributed by atoms with Gasteiger partial charge in [0.2, 0.25) is 0 Å². The quantitative estimate of drug-likeness (QED) is 0.583. The number of carbonyl (C=O) groups excluding carboxylic acids is 1. The highest BCUT2D eigenvalue weighted by atomic mass is 16.3. The number of hydrogen-bond acceptors (Lipinski definition) is 5. The lowest BCUT2D eigenvalue weighted by molar-refractivity contribution is -0.893. The fourth-order valence-electron chi connectivity index (χ4n) is 3.58. The minimum absolute atomic E-state index is 0.000310. The van der Waals surface area contributed by atoms with Crippen LogP contribution in [0.15, 0.2) is 52.7 Å². The molecule has 150 valence electrons. The molecule has 0 bridgehead atoms. The van der Waals surface area contributed by atoms with E-state index in [0.717, 1.165) is 23.3 Å². The first-order chi connectivity index (χ1) is 13.3. The summed E-state index contributed by atoms with van der Waals surface area (Å²) in [5.74, 6) is -0.0319. The second kappa shape index (κ2) is 8.29. The summed E-state index contributed by atoms with van der Waals surface area (Å²) >= 11 is 0. The number of quaternary nitrogens is 1. The van der Waals surface area contributed by atoms with Crippen LogP contribution in [0, 0.1) is 0 Å². The molecule has 1 aliphatic heterocycles. The second-order valence-electron chi connectivity index (χ2n) is 8.42. The Morgan fingerprint density at radius 1 is 1.21 bits per heavy atom. The summed E-state index contributed by atoms with van der Waals surface area (Å²) in [5, 5.41) is 12.1. The van der Waals surface area contributed by atoms with Crippen molar-refractivity contribution >= 4 is 22.9 Å². The summed E-state index contributed by atoms with van der Waals surface area (Å²) in [6.07, 6.45) is 4.55. The molecule has 1 saturated heterocycles. The summed E-state index contributed by atoms with van der Waals surface area (Å²) in [4.78, 5) is 19.1. The van der Waals surface area contributed by atoms with E-state index in [0.29, 0.717) is 29.6 Å². The van der Waals surface area contributed by atoms with Crippen LogP contribution in [0.3, 0.4) is 0 Å². The number of aliphatic hydroxyl groups is 1. The molecule has 6 nitrogen and oxygen atoms in total. The molecule has 1 fully saturated rings. The van der Waals surface area contributed by atoms with E-state index in [-0.39, 0.29) is 12.4 Å². The third-order valence-corrected chi connectivity index (χ3v) is 5.44. The topological polar surface area (TPSA) is 64.9 Å². The van der Waals surface area contributed by atoms with Gasteiger partial charge in [-0.1, -0.05) is 0 Å². The van der Waals surface area contributed by atoms with Gasteiger partial charge in [-0.15, -0.1) is 0 Å². The number of nitrogens with zero attached hydrogens (tertiary/aromatic N) is 3. The van der Waals surface area contributed by atoms with Gasteiger partial charge in [0, 0.05) is 31.3 Å². The molecule has 2 N–H and O–H groups in total. The molecule has 0 saturated carbocycles. The van der Waals surface area contributed by atoms with Crippen LogP contribution in [0.2, 0.25) is 0 Å². The lowest BCUT2D eigenvalue weighted by Gasteiger charge is -2.31. The third kappa shape index (κ3) is 4.69. The van der Waals surface area contributed by atoms with E-state index in [9.17, 15) is 4.79 Å². The number of aliphatic imine (C=N–C) groups is 1. The number of ketones is 1. The molecule has 1 aromatic carbocycles. The van der Waals surface area contributed by atoms with Crippen LogP contribution in [0.1, 0.15) is 13.3 Å². The molecule has 1 heterocycles. The van der Waals surface area contributed by atoms with Gasteiger partial charge in [-0.05, 0) is 42.8 Å². The van der Waals surface area contributed by atoms with Crippen molar-refractivity contribution < 1.29 is 14.4 Å². The van der Waals surface area contributed by atoms with E-state index in [1.807, 2.05) is 12.1 Å². The van der Waals surface area contributed by atoms with Crippen molar-refractivity contribution in [3.63, 3.8) is 0 Å². The molecule has 1 unspecified atom stereocenters. The summed E-state index contributed by atoms with van der Waals surface area (Å²) < 4.78 is 0.989. The first-order valence-electron chi connectivity index (χ1n) is 9.82. The first-order valence-corrected chi connectivity index (χ1v) is 9.82. The Balaban J connectivity index is 1.76. The fourth-order valence-corrected chi connectivity index (χ4v) is 3.58. The smallest absolute Gasteiger partial charge is 0.183 e. The predicted octanol–water partition coefficient (Wildman–Crippen LogP) is 2.04. The van der Waals surface area contributed by atoms with Gasteiger partial charge in [-0.3, -0.25) is 4.79 Å². The van der Waals surface area contributed by atoms with Crippen molar-refractivity contribution in [2.45, 2.75) is 19.4 Å². The van der Waals surface area contributed by atoms with E-state index in [4.69, 9.17) is 10.1 Å². The molecule has 3 rings (SSSR count). The van der Waals surface area contributed by atoms with Crippen LogP contribution in [0.25, 0.3) is 0 Å². The largest absolute Gasteiger partial charge is 0.395 e. The fraction of sp³-hybridized carbons (Fsp3) is 0.455. The van der Waals surface area contributed by atoms with Gasteiger partial charge in [-0.25, -0.2) is 4.99 Å². The Kier molecular flexibility index (Phi) is 6.01. The van der Waals surface area contributed by atoms with Gasteiger partial charge in [0.15, 0.2) is 5.78 Å². The van der Waals surface area contributed by atoms with Crippen molar-refractivity contribution in [1.29, 1.82) is 0 Å². The van der Waals surface area contributed by atoms with Gasteiger partial charge < -0.3 is 19.8 Å². The minimum Gasteiger partial charge on any atom is -0.395 e. The molecular weight excluding hydrogens is 352 g/mol. The molecule has 28 heavy (non-hydrogen) atoms. The average molecular weight is 384 g/mol. The second-order valence-corrected chi connectivity index (χ2v) is 8.42. The van der Waals surface area contributed by atoms with Crippen LogP contribution in [-0.4, -0.2) is 74.5 Å². The van der Waals surface area contributed by atoms with Crippen molar-refractivity contribution in [2.75, 3.05) is 52.3 Å². The number of allylic oxidation sites excluding steroid dienone is 3. The molecule has 6 heteroatoms. The SMILES string of the molecule is CC1=CC(=Nc2ccc(N3CCC([N+](C)(C)C)C3)cc2)C(NCCO)=CC1=O. The number of aliphatic hydroxyl groups excluding tert-OH is 1. The van der Waals surface area contributed by atoms with Crippen molar-refractivity contribution in [2.24, 2.45) is 4.99 Å². The number of nitrogens with one attached hydrogen (secondary N) is 1. The molecule has 0 radical (unpaired) electrons. The normalized spacial score (nSPS) is 21.8. The van der Waals surface area contributed by atoms with Crippen molar-refractivity contribution in [1.82, 2.24) is 5.32 Å². The minimum atomic E-state index is -0.0319. The zero-order chi connectivity index (χ0) is 20.3. The van der Waals surface area contributed by atoms with Crippen molar-refractivity contribution in [3.8, 4) is 0 Å². The van der Waals surface area contributed by atoms with E-state index in [2.05, 4.69) is 43.5 Å². The van der Waals surface area contributed by atoms with Crippen LogP contribution in [0.4, 0.5) is 11.4 Å². The number of carbonyl (C=O) groups is 1. The lowest BCUT2D eigenvalue weighted by Crippen LogP contribution is -2.46. The number of anilines is 1. The van der Waals surface area contributed by atoms with E-state index >= 15 is 0 Å². The molecule has 0 spiro atoms. The maximum absolute atomic E-state index is 11.9. The van der Waals surface area contributed by atoms with Gasteiger partial charge in [0.25, 0.3) is 0 Å². The summed E-state index contributed by atoms with van der Waals surface area (Å²) in [6.45, 7) is 4.32. The molecule has 0 amide bonds. The molecule has 2 aliphatic rings. The Bertz CT molecular complexity index is 816. The standard InChI is InChI=1S/C22H30N4O2/c1-16-13-21(20(14-22(16)28)23-10-12-27)24-17-5-7-18(8-6-17)25-11-9-19(15-25)26(2,3)4/h5-8,13-14,19,27H,9-12,15H2,1-4H3/p+1. The van der Waals surface area contributed by atoms with E-state index < -0.39 is 0 Å². The monoisotopic (exact) mass is 383 g/mol. The molecular formula is C22H31N4O2+. The van der Waals surface area contributed by atoms with E-state index in [1.165, 1.54) is 12.1 Å². The highest BCUT2D eigenvalue weighted by Gasteiger charge is 2.32. The van der Waals surface area contributed by atoms with Gasteiger partial charge in [0.1, 0.15) is 6.04 Å². The summed E-state index contributed by atoms with van der Waals surface area (Å²) in [7, 11) is 6.77. The number of benzene rings is 1. The maximum Gasteiger partial charge on any atom is 0.183 e. The van der Waals surface area contributed by atoms with Crippen LogP contribution < -0.4 is 10.2 Å². The van der Waals surface area contributed by atoms with Crippen LogP contribution >= 0.6 is 0 Å². The summed E-state index contributed by atoms with van der Waals surface area (Å²) in [6, 6.07) is 8.92. The highest BCUT2D eigenvalue weighted by Crippen LogP contribution is 2.27. The third-order valence-electron chi connectivity index (χ3n) is 5.44. The summed E-state index contributed by atoms with van der Waals surface area (Å²) in [5.41, 5.74) is 4.09. The molecule has 1 atom stereocenters. The van der Waals surface area contributed by atoms with Crippen LogP contribution in [-0.2, 0) is 4.79 Å². The highest BCUT2D eigenvalue weighted by molar-refractivity contribution is 6.22. The number of rotatable bonds is 6. The first kappa shape index (κ1) is 20.3. The Labute approximate surface area is 167 Å². The number of likely N-dealkylation sites (N-methyl/N-ethyl adjacent to an activating group) is 1. The Hall–Kier alpha value is -2.44. The van der Waals surface area contributed by atoms with Crippen molar-refractivity contribution in [3.05, 3.63) is 47.7 Å². The number of hydrogen-bond donors (Lipinski definition) is 2. The van der Waals surface area contributed by atoms with Crippen LogP contribution in [0.5, 0.6) is 0 Å². The molecule has 1 aliphatic carbocycles. The predicted molar refractivity (Wildman–Crippen MR) is 114 cm³/mol. The Morgan fingerprint density at radius 2 is 1.93 bits per heavy atom. The van der Waals surface area contributed by atoms with Gasteiger partial charge in [0.05, 0.1) is 51.4 Å². The molecule has 1 aromatic rings. The Morgan fingerprint density at radius 3 is 2.54 bits per heavy atom. The zero-order valence-corrected chi connectivity index (χ0v) is 17.3. The van der Waals surface area contributed by atoms with Gasteiger partial charge >= 0.3 is 0 Å². The molecule has 0 aromatic heterocycles.